The molecule has 2 aliphatic rings. The van der Waals surface area contributed by atoms with Crippen LogP contribution in [0.2, 0.25) is 0 Å². The van der Waals surface area contributed by atoms with Crippen LogP contribution < -0.4 is 24.2 Å². The monoisotopic (exact) mass is 434 g/mol. The van der Waals surface area contributed by atoms with Gasteiger partial charge in [0.25, 0.3) is 0 Å². The minimum absolute atomic E-state index is 0.0121. The van der Waals surface area contributed by atoms with E-state index in [9.17, 15) is 18.3 Å². The van der Waals surface area contributed by atoms with Gasteiger partial charge in [0, 0.05) is 18.2 Å². The second-order valence-electron chi connectivity index (χ2n) is 7.47. The molecule has 10 heteroatoms. The Balaban J connectivity index is 1.91. The molecule has 0 radical (unpaired) electrons. The summed E-state index contributed by atoms with van der Waals surface area (Å²) >= 11 is 0. The number of carboxylic acid groups (broad SMARTS) is 1. The van der Waals surface area contributed by atoms with Crippen molar-refractivity contribution in [2.24, 2.45) is 5.14 Å². The van der Waals surface area contributed by atoms with Crippen molar-refractivity contribution < 1.29 is 32.5 Å². The number of benzene rings is 2. The number of primary sulfonamides is 1. The molecule has 2 aromatic rings. The van der Waals surface area contributed by atoms with Gasteiger partial charge in [-0.1, -0.05) is 0 Å². The first-order valence-corrected chi connectivity index (χ1v) is 11.0. The summed E-state index contributed by atoms with van der Waals surface area (Å²) in [4.78, 5) is 13.3. The topological polar surface area (TPSA) is 128 Å². The van der Waals surface area contributed by atoms with E-state index < -0.39 is 16.0 Å². The molecule has 4 rings (SSSR count). The Hall–Kier alpha value is -2.98. The lowest BCUT2D eigenvalue weighted by molar-refractivity contribution is 0.0696. The Morgan fingerprint density at radius 3 is 2.43 bits per heavy atom. The Bertz CT molecular complexity index is 1110. The Labute approximate surface area is 174 Å². The molecule has 0 saturated carbocycles. The summed E-state index contributed by atoms with van der Waals surface area (Å²) in [6, 6.07) is 7.44. The summed E-state index contributed by atoms with van der Waals surface area (Å²) in [6.07, 6.45) is 1.76. The zero-order chi connectivity index (χ0) is 21.6. The van der Waals surface area contributed by atoms with E-state index >= 15 is 0 Å². The molecule has 2 heterocycles. The van der Waals surface area contributed by atoms with Gasteiger partial charge < -0.3 is 24.2 Å². The summed E-state index contributed by atoms with van der Waals surface area (Å²) in [6.45, 7) is 4.08. The summed E-state index contributed by atoms with van der Waals surface area (Å²) in [5, 5.41) is 15.0. The van der Waals surface area contributed by atoms with Crippen molar-refractivity contribution in [3.05, 3.63) is 35.9 Å². The molecule has 0 aromatic heterocycles. The van der Waals surface area contributed by atoms with Crippen molar-refractivity contribution in [3.63, 3.8) is 0 Å². The fourth-order valence-electron chi connectivity index (χ4n) is 3.94. The molecule has 0 amide bonds. The molecular formula is C20H22N2O7S. The molecule has 1 saturated heterocycles. The molecule has 3 N–H and O–H groups in total. The highest BCUT2D eigenvalue weighted by Crippen LogP contribution is 2.45. The summed E-state index contributed by atoms with van der Waals surface area (Å²) in [5.74, 6) is 0.0683. The van der Waals surface area contributed by atoms with Gasteiger partial charge in [-0.25, -0.2) is 18.4 Å². The highest BCUT2D eigenvalue weighted by atomic mass is 32.2. The molecular weight excluding hydrogens is 412 g/mol. The number of aromatic carboxylic acids is 1. The molecule has 2 aliphatic heterocycles. The quantitative estimate of drug-likeness (QED) is 0.735. The fraction of sp³-hybridized carbons (Fsp3) is 0.350. The third-order valence-electron chi connectivity index (χ3n) is 5.38. The average molecular weight is 434 g/mol. The zero-order valence-electron chi connectivity index (χ0n) is 16.5. The summed E-state index contributed by atoms with van der Waals surface area (Å²) in [5.41, 5.74) is 0.187. The average Bonchev–Trinajstić information content (AvgIpc) is 3.26. The number of sulfonamides is 1. The van der Waals surface area contributed by atoms with Crippen molar-refractivity contribution in [1.29, 1.82) is 0 Å². The van der Waals surface area contributed by atoms with Crippen LogP contribution in [0.4, 0.5) is 5.69 Å². The zero-order valence-corrected chi connectivity index (χ0v) is 17.3. The van der Waals surface area contributed by atoms with E-state index in [0.717, 1.165) is 18.9 Å². The molecule has 2 aromatic carbocycles. The third kappa shape index (κ3) is 3.63. The van der Waals surface area contributed by atoms with E-state index in [4.69, 9.17) is 19.3 Å². The molecule has 30 heavy (non-hydrogen) atoms. The minimum atomic E-state index is -4.28. The summed E-state index contributed by atoms with van der Waals surface area (Å²) in [7, 11) is -4.28. The van der Waals surface area contributed by atoms with Gasteiger partial charge in [-0.3, -0.25) is 0 Å². The van der Waals surface area contributed by atoms with Crippen LogP contribution in [-0.4, -0.2) is 38.4 Å². The molecule has 0 aliphatic carbocycles. The van der Waals surface area contributed by atoms with Crippen LogP contribution in [-0.2, 0) is 10.0 Å². The second kappa shape index (κ2) is 7.37. The van der Waals surface area contributed by atoms with Crippen molar-refractivity contribution >= 4 is 21.7 Å². The number of nitrogens with two attached hydrogens (primary N) is 1. The largest absolute Gasteiger partial charge is 0.478 e. The number of nitrogens with zero attached hydrogens (tertiary/aromatic N) is 1. The number of carboxylic acids is 1. The number of rotatable bonds is 5. The first-order valence-electron chi connectivity index (χ1n) is 9.45. The highest BCUT2D eigenvalue weighted by molar-refractivity contribution is 7.89. The number of hydrogen-bond donors (Lipinski definition) is 2. The van der Waals surface area contributed by atoms with Gasteiger partial charge in [0.2, 0.25) is 16.8 Å². The number of ether oxygens (including phenoxy) is 3. The lowest BCUT2D eigenvalue weighted by atomic mass is 10.1. The van der Waals surface area contributed by atoms with E-state index in [1.54, 1.807) is 18.2 Å². The van der Waals surface area contributed by atoms with Crippen LogP contribution in [0, 0.1) is 0 Å². The number of hydrogen-bond acceptors (Lipinski definition) is 7. The number of carbonyl (C=O) groups is 1. The predicted octanol–water partition coefficient (Wildman–Crippen LogP) is 2.93. The van der Waals surface area contributed by atoms with Crippen LogP contribution >= 0.6 is 0 Å². The molecule has 9 nitrogen and oxygen atoms in total. The van der Waals surface area contributed by atoms with Gasteiger partial charge in [-0.15, -0.1) is 0 Å². The van der Waals surface area contributed by atoms with Gasteiger partial charge >= 0.3 is 5.97 Å². The first kappa shape index (κ1) is 20.3. The van der Waals surface area contributed by atoms with Crippen molar-refractivity contribution in [2.75, 3.05) is 11.7 Å². The third-order valence-corrected chi connectivity index (χ3v) is 6.30. The van der Waals surface area contributed by atoms with E-state index in [1.165, 1.54) is 6.07 Å². The normalized spacial score (nSPS) is 20.4. The van der Waals surface area contributed by atoms with Crippen LogP contribution in [0.1, 0.15) is 37.0 Å². The van der Waals surface area contributed by atoms with Crippen molar-refractivity contribution in [1.82, 2.24) is 0 Å². The Morgan fingerprint density at radius 1 is 1.13 bits per heavy atom. The second-order valence-corrected chi connectivity index (χ2v) is 9.00. The minimum Gasteiger partial charge on any atom is -0.478 e. The summed E-state index contributed by atoms with van der Waals surface area (Å²) < 4.78 is 41.4. The standard InChI is InChI=1S/C20H22N2O7S/c1-11-3-4-12(2)22(11)15-7-13(20(23)24)8-18(30(21,25)26)19(15)29-14-5-6-16-17(9-14)28-10-27-16/h5-9,11-12H,3-4,10H2,1-2H3,(H,23,24)(H2,21,25,26). The maximum atomic E-state index is 12.4. The molecule has 2 unspecified atom stereocenters. The van der Waals surface area contributed by atoms with Crippen LogP contribution in [0.25, 0.3) is 0 Å². The van der Waals surface area contributed by atoms with E-state index in [2.05, 4.69) is 0 Å². The van der Waals surface area contributed by atoms with Crippen molar-refractivity contribution in [3.8, 4) is 23.0 Å². The molecule has 1 fully saturated rings. The maximum absolute atomic E-state index is 12.4. The van der Waals surface area contributed by atoms with Crippen LogP contribution in [0.15, 0.2) is 35.2 Å². The Morgan fingerprint density at radius 2 is 1.80 bits per heavy atom. The predicted molar refractivity (Wildman–Crippen MR) is 108 cm³/mol. The highest BCUT2D eigenvalue weighted by Gasteiger charge is 2.33. The van der Waals surface area contributed by atoms with E-state index in [1.807, 2.05) is 18.7 Å². The first-order chi connectivity index (χ1) is 14.1. The van der Waals surface area contributed by atoms with Crippen LogP contribution in [0.5, 0.6) is 23.0 Å². The van der Waals surface area contributed by atoms with E-state index in [-0.39, 0.29) is 35.1 Å². The molecule has 2 atom stereocenters. The van der Waals surface area contributed by atoms with Gasteiger partial charge in [0.15, 0.2) is 17.2 Å². The van der Waals surface area contributed by atoms with E-state index in [0.29, 0.717) is 22.9 Å². The number of anilines is 1. The molecule has 0 spiro atoms. The SMILES string of the molecule is CC1CCC(C)N1c1cc(C(=O)O)cc(S(N)(=O)=O)c1Oc1ccc2c(c1)OCO2. The Kier molecular flexibility index (Phi) is 4.99. The maximum Gasteiger partial charge on any atom is 0.335 e. The fourth-order valence-corrected chi connectivity index (χ4v) is 4.64. The van der Waals surface area contributed by atoms with Crippen molar-refractivity contribution in [2.45, 2.75) is 43.7 Å². The van der Waals surface area contributed by atoms with Crippen LogP contribution in [0.3, 0.4) is 0 Å². The van der Waals surface area contributed by atoms with Gasteiger partial charge in [-0.2, -0.15) is 0 Å². The smallest absolute Gasteiger partial charge is 0.335 e. The number of fused-ring (bicyclic) bond motifs is 1. The lowest BCUT2D eigenvalue weighted by Gasteiger charge is -2.31. The molecule has 0 bridgehead atoms. The lowest BCUT2D eigenvalue weighted by Crippen LogP contribution is -2.33. The molecule has 160 valence electrons. The van der Waals surface area contributed by atoms with Gasteiger partial charge in [0.05, 0.1) is 11.3 Å². The van der Waals surface area contributed by atoms with Gasteiger partial charge in [-0.05, 0) is 51.0 Å². The van der Waals surface area contributed by atoms with Gasteiger partial charge in [0.1, 0.15) is 10.6 Å².